The number of carbonyl (C=O) groups excluding carboxylic acids is 2. The highest BCUT2D eigenvalue weighted by Crippen LogP contribution is 2.29. The van der Waals surface area contributed by atoms with Crippen molar-refractivity contribution in [3.8, 4) is 0 Å². The van der Waals surface area contributed by atoms with Crippen molar-refractivity contribution in [2.45, 2.75) is 6.42 Å². The van der Waals surface area contributed by atoms with E-state index < -0.39 is 5.91 Å². The van der Waals surface area contributed by atoms with Gasteiger partial charge in [0.15, 0.2) is 0 Å². The first kappa shape index (κ1) is 20.3. The number of nitrogens with one attached hydrogen (secondary N) is 3. The van der Waals surface area contributed by atoms with E-state index in [1.54, 1.807) is 24.5 Å². The Bertz CT molecular complexity index is 1510. The summed E-state index contributed by atoms with van der Waals surface area (Å²) in [6, 6.07) is 18.8. The first-order chi connectivity index (χ1) is 16.1. The summed E-state index contributed by atoms with van der Waals surface area (Å²) in [6.07, 6.45) is 7.17. The van der Waals surface area contributed by atoms with E-state index in [1.165, 1.54) is 0 Å². The van der Waals surface area contributed by atoms with Crippen LogP contribution in [0.1, 0.15) is 16.7 Å². The lowest BCUT2D eigenvalue weighted by atomic mass is 10.0. The Morgan fingerprint density at radius 3 is 2.58 bits per heavy atom. The number of pyridine rings is 1. The van der Waals surface area contributed by atoms with Crippen LogP contribution in [0.2, 0.25) is 0 Å². The van der Waals surface area contributed by atoms with Crippen LogP contribution in [-0.4, -0.2) is 26.8 Å². The number of hydrogen-bond donors (Lipinski definition) is 4. The maximum atomic E-state index is 12.9. The number of H-pyrrole nitrogens is 2. The van der Waals surface area contributed by atoms with Crippen LogP contribution in [0, 0.1) is 0 Å². The largest absolute Gasteiger partial charge is 0.366 e. The van der Waals surface area contributed by atoms with E-state index in [2.05, 4.69) is 20.3 Å². The van der Waals surface area contributed by atoms with Crippen molar-refractivity contribution < 1.29 is 9.59 Å². The van der Waals surface area contributed by atoms with E-state index in [0.717, 1.165) is 16.5 Å². The second kappa shape index (κ2) is 8.47. The van der Waals surface area contributed by atoms with E-state index >= 15 is 0 Å². The van der Waals surface area contributed by atoms with E-state index in [1.807, 2.05) is 60.8 Å². The van der Waals surface area contributed by atoms with E-state index in [0.29, 0.717) is 33.4 Å². The number of nitrogens with two attached hydrogens (primary N) is 1. The first-order valence-electron chi connectivity index (χ1n) is 10.5. The molecule has 0 saturated heterocycles. The molecule has 0 radical (unpaired) electrons. The third-order valence-electron chi connectivity index (χ3n) is 5.55. The predicted molar refractivity (Wildman–Crippen MR) is 130 cm³/mol. The average Bonchev–Trinajstić information content (AvgIpc) is 3.43. The van der Waals surface area contributed by atoms with E-state index in [9.17, 15) is 9.59 Å². The molecule has 0 fully saturated rings. The number of nitrogens with zero attached hydrogens (tertiary/aromatic N) is 1. The molecule has 162 valence electrons. The SMILES string of the molecule is NC(=O)/C(=C/c1c[nH]c2nccc(NC(=O)Cc3c[nH]c4ccccc34)c12)c1ccccc1. The fourth-order valence-electron chi connectivity index (χ4n) is 4.01. The zero-order chi connectivity index (χ0) is 22.8. The molecular formula is C26H21N5O2. The molecule has 33 heavy (non-hydrogen) atoms. The van der Waals surface area contributed by atoms with Crippen LogP contribution in [0.25, 0.3) is 33.6 Å². The molecule has 3 heterocycles. The molecule has 2 aromatic carbocycles. The molecule has 5 rings (SSSR count). The van der Waals surface area contributed by atoms with E-state index in [-0.39, 0.29) is 12.3 Å². The summed E-state index contributed by atoms with van der Waals surface area (Å²) in [7, 11) is 0. The summed E-state index contributed by atoms with van der Waals surface area (Å²) >= 11 is 0. The summed E-state index contributed by atoms with van der Waals surface area (Å²) in [4.78, 5) is 35.7. The lowest BCUT2D eigenvalue weighted by Gasteiger charge is -2.08. The third-order valence-corrected chi connectivity index (χ3v) is 5.55. The summed E-state index contributed by atoms with van der Waals surface area (Å²) in [6.45, 7) is 0. The van der Waals surface area contributed by atoms with Gasteiger partial charge in [0.2, 0.25) is 11.8 Å². The quantitative estimate of drug-likeness (QED) is 0.299. The maximum Gasteiger partial charge on any atom is 0.249 e. The number of fused-ring (bicyclic) bond motifs is 2. The van der Waals surface area contributed by atoms with Gasteiger partial charge in [-0.05, 0) is 29.3 Å². The highest BCUT2D eigenvalue weighted by Gasteiger charge is 2.15. The van der Waals surface area contributed by atoms with Crippen LogP contribution in [0.5, 0.6) is 0 Å². The molecule has 0 aliphatic rings. The van der Waals surface area contributed by atoms with Crippen LogP contribution in [0.4, 0.5) is 5.69 Å². The molecule has 5 aromatic rings. The van der Waals surface area contributed by atoms with Gasteiger partial charge in [0.25, 0.3) is 0 Å². The fraction of sp³-hybridized carbons (Fsp3) is 0.0385. The van der Waals surface area contributed by atoms with Gasteiger partial charge in [0.1, 0.15) is 5.65 Å². The van der Waals surface area contributed by atoms with Gasteiger partial charge >= 0.3 is 0 Å². The van der Waals surface area contributed by atoms with Gasteiger partial charge in [-0.25, -0.2) is 4.98 Å². The Morgan fingerprint density at radius 1 is 0.970 bits per heavy atom. The highest BCUT2D eigenvalue weighted by molar-refractivity contribution is 6.24. The van der Waals surface area contributed by atoms with Crippen molar-refractivity contribution in [2.75, 3.05) is 5.32 Å². The van der Waals surface area contributed by atoms with Gasteiger partial charge < -0.3 is 21.0 Å². The zero-order valence-corrected chi connectivity index (χ0v) is 17.6. The second-order valence-electron chi connectivity index (χ2n) is 7.70. The fourth-order valence-corrected chi connectivity index (χ4v) is 4.01. The third kappa shape index (κ3) is 3.99. The standard InChI is InChI=1S/C26H21N5O2/c27-25(33)20(16-6-2-1-3-7-16)12-18-15-30-26-24(18)22(10-11-28-26)31-23(32)13-17-14-29-21-9-5-4-8-19(17)21/h1-12,14-15,29H,13H2,(H2,27,33)(H2,28,30,31,32)/b20-12+. The number of amides is 2. The topological polar surface area (TPSA) is 117 Å². The zero-order valence-electron chi connectivity index (χ0n) is 17.6. The number of benzene rings is 2. The lowest BCUT2D eigenvalue weighted by molar-refractivity contribution is -0.115. The van der Waals surface area contributed by atoms with E-state index in [4.69, 9.17) is 5.73 Å². The summed E-state index contributed by atoms with van der Waals surface area (Å²) in [5.74, 6) is -0.689. The van der Waals surface area contributed by atoms with Crippen molar-refractivity contribution >= 4 is 51.1 Å². The molecule has 0 aliphatic heterocycles. The minimum Gasteiger partial charge on any atom is -0.366 e. The molecule has 0 spiro atoms. The van der Waals surface area contributed by atoms with Crippen molar-refractivity contribution in [3.05, 3.63) is 95.9 Å². The van der Waals surface area contributed by atoms with Crippen molar-refractivity contribution in [1.29, 1.82) is 0 Å². The van der Waals surface area contributed by atoms with Crippen LogP contribution in [0.3, 0.4) is 0 Å². The second-order valence-corrected chi connectivity index (χ2v) is 7.70. The lowest BCUT2D eigenvalue weighted by Crippen LogP contribution is -2.14. The summed E-state index contributed by atoms with van der Waals surface area (Å²) < 4.78 is 0. The van der Waals surface area contributed by atoms with Crippen LogP contribution in [0.15, 0.2) is 79.3 Å². The van der Waals surface area contributed by atoms with Crippen molar-refractivity contribution in [2.24, 2.45) is 5.73 Å². The maximum absolute atomic E-state index is 12.9. The molecule has 0 atom stereocenters. The molecule has 7 nitrogen and oxygen atoms in total. The Balaban J connectivity index is 1.49. The molecule has 0 unspecified atom stereocenters. The average molecular weight is 435 g/mol. The summed E-state index contributed by atoms with van der Waals surface area (Å²) in [5.41, 5.74) is 10.6. The van der Waals surface area contributed by atoms with Crippen LogP contribution in [-0.2, 0) is 16.0 Å². The molecule has 7 heteroatoms. The Labute approximate surface area is 189 Å². The minimum atomic E-state index is -0.538. The molecule has 0 aliphatic carbocycles. The number of anilines is 1. The number of rotatable bonds is 6. The van der Waals surface area contributed by atoms with Gasteiger partial charge in [0.05, 0.1) is 12.1 Å². The number of aromatic amines is 2. The monoisotopic (exact) mass is 435 g/mol. The predicted octanol–water partition coefficient (Wildman–Crippen LogP) is 4.25. The molecular weight excluding hydrogens is 414 g/mol. The minimum absolute atomic E-state index is 0.151. The van der Waals surface area contributed by atoms with Crippen LogP contribution >= 0.6 is 0 Å². The normalized spacial score (nSPS) is 11.7. The number of hydrogen-bond acceptors (Lipinski definition) is 3. The Hall–Kier alpha value is -4.65. The van der Waals surface area contributed by atoms with Crippen LogP contribution < -0.4 is 11.1 Å². The Kier molecular flexibility index (Phi) is 5.20. The van der Waals surface area contributed by atoms with Crippen molar-refractivity contribution in [1.82, 2.24) is 15.0 Å². The molecule has 3 aromatic heterocycles. The Morgan fingerprint density at radius 2 is 1.76 bits per heavy atom. The molecule has 5 N–H and O–H groups in total. The van der Waals surface area contributed by atoms with Gasteiger partial charge in [-0.1, -0.05) is 48.5 Å². The first-order valence-corrected chi connectivity index (χ1v) is 10.5. The molecule has 2 amide bonds. The summed E-state index contributed by atoms with van der Waals surface area (Å²) in [5, 5.41) is 4.73. The number of primary amides is 1. The van der Waals surface area contributed by atoms with Gasteiger partial charge in [-0.15, -0.1) is 0 Å². The van der Waals surface area contributed by atoms with Gasteiger partial charge in [-0.2, -0.15) is 0 Å². The van der Waals surface area contributed by atoms with Gasteiger partial charge in [0, 0.05) is 46.0 Å². The number of aromatic nitrogens is 3. The number of carbonyl (C=O) groups is 2. The number of para-hydroxylation sites is 1. The van der Waals surface area contributed by atoms with Gasteiger partial charge in [-0.3, -0.25) is 9.59 Å². The highest BCUT2D eigenvalue weighted by atomic mass is 16.2. The molecule has 0 saturated carbocycles. The smallest absolute Gasteiger partial charge is 0.249 e. The molecule has 0 bridgehead atoms. The van der Waals surface area contributed by atoms with Crippen molar-refractivity contribution in [3.63, 3.8) is 0 Å².